The highest BCUT2D eigenvalue weighted by Gasteiger charge is 2.17. The Hall–Kier alpha value is -8.98. The second-order valence-corrected chi connectivity index (χ2v) is 17.7. The lowest BCUT2D eigenvalue weighted by Crippen LogP contribution is -2.10. The van der Waals surface area contributed by atoms with E-state index in [9.17, 15) is 0 Å². The molecule has 2 heteroatoms. The summed E-state index contributed by atoms with van der Waals surface area (Å²) in [4.78, 5) is 2.37. The van der Waals surface area contributed by atoms with Crippen LogP contribution in [0.1, 0.15) is 0 Å². The molecule has 0 unspecified atom stereocenters. The van der Waals surface area contributed by atoms with E-state index in [2.05, 4.69) is 276 Å². The molecule has 1 aromatic heterocycles. The van der Waals surface area contributed by atoms with Crippen LogP contribution in [0.5, 0.6) is 0 Å². The molecule has 0 fully saturated rings. The average molecular weight is 865 g/mol. The third-order valence-corrected chi connectivity index (χ3v) is 13.8. The van der Waals surface area contributed by atoms with Gasteiger partial charge in [0.1, 0.15) is 0 Å². The van der Waals surface area contributed by atoms with Gasteiger partial charge in [-0.1, -0.05) is 206 Å². The van der Waals surface area contributed by atoms with Crippen molar-refractivity contribution in [2.75, 3.05) is 4.90 Å². The number of anilines is 3. The first kappa shape index (κ1) is 39.4. The van der Waals surface area contributed by atoms with Crippen molar-refractivity contribution < 1.29 is 0 Å². The second-order valence-electron chi connectivity index (χ2n) is 17.7. The number of benzene rings is 12. The summed E-state index contributed by atoms with van der Waals surface area (Å²) in [5.74, 6) is 0. The van der Waals surface area contributed by atoms with E-state index in [1.807, 2.05) is 0 Å². The molecule has 318 valence electrons. The van der Waals surface area contributed by atoms with Crippen LogP contribution in [0.15, 0.2) is 267 Å². The van der Waals surface area contributed by atoms with E-state index in [4.69, 9.17) is 0 Å². The van der Waals surface area contributed by atoms with Crippen LogP contribution in [0, 0.1) is 0 Å². The molecule has 0 aliphatic heterocycles. The molecule has 12 aromatic carbocycles. The molecule has 1 heterocycles. The van der Waals surface area contributed by atoms with Gasteiger partial charge in [-0.25, -0.2) is 0 Å². The van der Waals surface area contributed by atoms with Crippen molar-refractivity contribution in [3.05, 3.63) is 267 Å². The number of fused-ring (bicyclic) bond motifs is 9. The topological polar surface area (TPSA) is 8.17 Å². The van der Waals surface area contributed by atoms with Gasteiger partial charge in [0.2, 0.25) is 0 Å². The molecule has 0 spiro atoms. The fraction of sp³-hybridized carbons (Fsp3) is 0. The number of nitrogens with zero attached hydrogens (tertiary/aromatic N) is 2. The fourth-order valence-electron chi connectivity index (χ4n) is 10.5. The standard InChI is InChI=1S/C66H44N2/c1-2-13-45(14-3-1)46-25-27-47(28-26-46)49-33-38-53(39-34-49)67(55-15-12-16-56(44-55)68-65-23-10-8-21-62(65)63-22-9-11-24-66(63)68)54-40-35-50(36-41-54)48-29-31-51(32-30-48)52-37-42-61-59-19-5-4-17-57(59)58-18-6-7-20-60(58)64(61)43-52/h1-44H. The van der Waals surface area contributed by atoms with Crippen molar-refractivity contribution in [3.8, 4) is 50.2 Å². The van der Waals surface area contributed by atoms with Crippen molar-refractivity contribution in [2.45, 2.75) is 0 Å². The molecule has 13 rings (SSSR count). The van der Waals surface area contributed by atoms with Gasteiger partial charge in [-0.2, -0.15) is 0 Å². The van der Waals surface area contributed by atoms with Gasteiger partial charge in [0.25, 0.3) is 0 Å². The summed E-state index contributed by atoms with van der Waals surface area (Å²) in [5, 5.41) is 10.3. The summed E-state index contributed by atoms with van der Waals surface area (Å²) in [7, 11) is 0. The number of para-hydroxylation sites is 2. The lowest BCUT2D eigenvalue weighted by atomic mass is 9.92. The van der Waals surface area contributed by atoms with Crippen molar-refractivity contribution in [3.63, 3.8) is 0 Å². The van der Waals surface area contributed by atoms with Crippen LogP contribution in [0.3, 0.4) is 0 Å². The largest absolute Gasteiger partial charge is 0.310 e. The van der Waals surface area contributed by atoms with Gasteiger partial charge in [-0.15, -0.1) is 0 Å². The Morgan fingerprint density at radius 2 is 0.559 bits per heavy atom. The first-order valence-corrected chi connectivity index (χ1v) is 23.4. The zero-order valence-corrected chi connectivity index (χ0v) is 37.3. The van der Waals surface area contributed by atoms with E-state index in [1.54, 1.807) is 0 Å². The SMILES string of the molecule is c1ccc(-c2ccc(-c3ccc(N(c4ccc(-c5ccc(-c6ccc7c8ccccc8c8ccccc8c7c6)cc5)cc4)c4cccc(-n5c6ccccc6c6ccccc65)c4)cc3)cc2)cc1. The Labute approximate surface area is 395 Å². The Morgan fingerprint density at radius 3 is 1.04 bits per heavy atom. The van der Waals surface area contributed by atoms with E-state index in [0.29, 0.717) is 0 Å². The summed E-state index contributed by atoms with van der Waals surface area (Å²) < 4.78 is 2.39. The molecule has 2 nitrogen and oxygen atoms in total. The summed E-state index contributed by atoms with van der Waals surface area (Å²) in [5.41, 5.74) is 16.3. The molecular formula is C66H44N2. The summed E-state index contributed by atoms with van der Waals surface area (Å²) in [6, 6.07) is 97.3. The predicted molar refractivity (Wildman–Crippen MR) is 290 cm³/mol. The maximum Gasteiger partial charge on any atom is 0.0541 e. The maximum absolute atomic E-state index is 2.39. The van der Waals surface area contributed by atoms with Gasteiger partial charge in [-0.05, 0) is 137 Å². The van der Waals surface area contributed by atoms with Crippen molar-refractivity contribution in [2.24, 2.45) is 0 Å². The first-order valence-electron chi connectivity index (χ1n) is 23.4. The highest BCUT2D eigenvalue weighted by molar-refractivity contribution is 6.25. The summed E-state index contributed by atoms with van der Waals surface area (Å²) in [6.07, 6.45) is 0. The Kier molecular flexibility index (Phi) is 9.54. The number of hydrogen-bond donors (Lipinski definition) is 0. The quantitative estimate of drug-likeness (QED) is 0.138. The molecular weight excluding hydrogens is 821 g/mol. The van der Waals surface area contributed by atoms with Crippen LogP contribution in [0.2, 0.25) is 0 Å². The van der Waals surface area contributed by atoms with Gasteiger partial charge in [0.05, 0.1) is 11.0 Å². The van der Waals surface area contributed by atoms with Crippen molar-refractivity contribution in [1.82, 2.24) is 4.57 Å². The lowest BCUT2D eigenvalue weighted by molar-refractivity contribution is 1.17. The zero-order chi connectivity index (χ0) is 45.0. The van der Waals surface area contributed by atoms with Crippen LogP contribution in [-0.4, -0.2) is 4.57 Å². The highest BCUT2D eigenvalue weighted by Crippen LogP contribution is 2.41. The predicted octanol–water partition coefficient (Wildman–Crippen LogP) is 18.4. The van der Waals surface area contributed by atoms with Crippen molar-refractivity contribution in [1.29, 1.82) is 0 Å². The molecule has 0 aliphatic carbocycles. The fourth-order valence-corrected chi connectivity index (χ4v) is 10.5. The molecule has 0 saturated heterocycles. The van der Waals surface area contributed by atoms with Crippen LogP contribution in [0.25, 0.3) is 104 Å². The smallest absolute Gasteiger partial charge is 0.0541 e. The minimum Gasteiger partial charge on any atom is -0.310 e. The van der Waals surface area contributed by atoms with Crippen molar-refractivity contribution >= 4 is 71.2 Å². The van der Waals surface area contributed by atoms with E-state index in [0.717, 1.165) is 22.7 Å². The molecule has 0 aliphatic rings. The van der Waals surface area contributed by atoms with Crippen LogP contribution < -0.4 is 4.90 Å². The molecule has 0 radical (unpaired) electrons. The van der Waals surface area contributed by atoms with Gasteiger partial charge < -0.3 is 9.47 Å². The molecule has 0 N–H and O–H groups in total. The molecule has 68 heavy (non-hydrogen) atoms. The van der Waals surface area contributed by atoms with Gasteiger partial charge in [0, 0.05) is 33.5 Å². The highest BCUT2D eigenvalue weighted by atomic mass is 15.1. The number of rotatable bonds is 8. The normalized spacial score (nSPS) is 11.5. The molecule has 13 aromatic rings. The molecule has 0 atom stereocenters. The molecule has 0 bridgehead atoms. The van der Waals surface area contributed by atoms with E-state index in [1.165, 1.54) is 98.6 Å². The lowest BCUT2D eigenvalue weighted by Gasteiger charge is -2.26. The Balaban J connectivity index is 0.856. The first-order chi connectivity index (χ1) is 33.7. The van der Waals surface area contributed by atoms with Gasteiger partial charge >= 0.3 is 0 Å². The number of aromatic nitrogens is 1. The second kappa shape index (κ2) is 16.5. The van der Waals surface area contributed by atoms with Crippen LogP contribution in [-0.2, 0) is 0 Å². The monoisotopic (exact) mass is 864 g/mol. The van der Waals surface area contributed by atoms with Crippen LogP contribution >= 0.6 is 0 Å². The molecule has 0 saturated carbocycles. The summed E-state index contributed by atoms with van der Waals surface area (Å²) >= 11 is 0. The third-order valence-electron chi connectivity index (χ3n) is 13.8. The van der Waals surface area contributed by atoms with Gasteiger partial charge in [-0.3, -0.25) is 0 Å². The third kappa shape index (κ3) is 6.82. The van der Waals surface area contributed by atoms with Crippen LogP contribution in [0.4, 0.5) is 17.1 Å². The maximum atomic E-state index is 2.39. The minimum atomic E-state index is 1.08. The Morgan fingerprint density at radius 1 is 0.206 bits per heavy atom. The molecule has 0 amide bonds. The average Bonchev–Trinajstić information content (AvgIpc) is 3.76. The zero-order valence-electron chi connectivity index (χ0n) is 37.3. The van der Waals surface area contributed by atoms with E-state index in [-0.39, 0.29) is 0 Å². The minimum absolute atomic E-state index is 1.08. The Bertz CT molecular complexity index is 3890. The van der Waals surface area contributed by atoms with E-state index >= 15 is 0 Å². The van der Waals surface area contributed by atoms with Gasteiger partial charge in [0.15, 0.2) is 0 Å². The van der Waals surface area contributed by atoms with E-state index < -0.39 is 0 Å². The number of hydrogen-bond acceptors (Lipinski definition) is 1. The summed E-state index contributed by atoms with van der Waals surface area (Å²) in [6.45, 7) is 0.